The number of rotatable bonds is 8. The number of benzene rings is 3. The highest BCUT2D eigenvalue weighted by Crippen LogP contribution is 2.38. The fourth-order valence-electron chi connectivity index (χ4n) is 5.12. The highest BCUT2D eigenvalue weighted by Gasteiger charge is 2.35. The molecule has 0 saturated carbocycles. The third-order valence-corrected chi connectivity index (χ3v) is 7.13. The Morgan fingerprint density at radius 3 is 2.74 bits per heavy atom. The topological polar surface area (TPSA) is 108 Å². The highest BCUT2D eigenvalue weighted by molar-refractivity contribution is 6.02. The second-order valence-electron chi connectivity index (χ2n) is 9.68. The number of hydrogen-bond acceptors (Lipinski definition) is 7. The maximum Gasteiger partial charge on any atom is 0.249 e. The lowest BCUT2D eigenvalue weighted by Crippen LogP contribution is -2.47. The number of fused-ring (bicyclic) bond motifs is 2. The second-order valence-corrected chi connectivity index (χ2v) is 9.68. The lowest BCUT2D eigenvalue weighted by molar-refractivity contribution is -0.127. The lowest BCUT2D eigenvalue weighted by Gasteiger charge is -2.32. The van der Waals surface area contributed by atoms with Crippen molar-refractivity contribution < 1.29 is 23.8 Å². The number of ether oxygens (including phenoxy) is 3. The van der Waals surface area contributed by atoms with Gasteiger partial charge in [-0.1, -0.05) is 41.6 Å². The molecule has 200 valence electrons. The van der Waals surface area contributed by atoms with Gasteiger partial charge in [-0.2, -0.15) is 0 Å². The molecule has 10 nitrogen and oxygen atoms in total. The van der Waals surface area contributed by atoms with Crippen LogP contribution in [0, 0.1) is 6.92 Å². The molecule has 2 amide bonds. The molecule has 0 aliphatic carbocycles. The third kappa shape index (κ3) is 5.03. The van der Waals surface area contributed by atoms with Crippen molar-refractivity contribution in [2.75, 3.05) is 24.8 Å². The molecule has 0 bridgehead atoms. The first-order valence-electron chi connectivity index (χ1n) is 13.0. The number of hydrogen-bond donors (Lipinski definition) is 1. The van der Waals surface area contributed by atoms with Crippen LogP contribution in [-0.4, -0.2) is 52.9 Å². The average Bonchev–Trinajstić information content (AvgIpc) is 3.72. The first kappa shape index (κ1) is 24.9. The summed E-state index contributed by atoms with van der Waals surface area (Å²) in [5, 5.41) is 11.4. The van der Waals surface area contributed by atoms with E-state index in [2.05, 4.69) is 15.6 Å². The van der Waals surface area contributed by atoms with Gasteiger partial charge in [0.05, 0.1) is 11.6 Å². The van der Waals surface area contributed by atoms with Gasteiger partial charge in [-0.15, -0.1) is 5.10 Å². The molecule has 1 fully saturated rings. The zero-order valence-electron chi connectivity index (χ0n) is 21.6. The monoisotopic (exact) mass is 527 g/mol. The van der Waals surface area contributed by atoms with Crippen LogP contribution in [0.5, 0.6) is 11.5 Å². The zero-order chi connectivity index (χ0) is 26.8. The van der Waals surface area contributed by atoms with E-state index in [0.717, 1.165) is 29.5 Å². The number of nitrogens with zero attached hydrogens (tertiary/aromatic N) is 4. The van der Waals surface area contributed by atoms with E-state index in [1.807, 2.05) is 55.5 Å². The van der Waals surface area contributed by atoms with Crippen molar-refractivity contribution in [3.63, 3.8) is 0 Å². The predicted octanol–water partition coefficient (Wildman–Crippen LogP) is 3.54. The van der Waals surface area contributed by atoms with Gasteiger partial charge in [0.1, 0.15) is 18.1 Å². The minimum atomic E-state index is -0.949. The Morgan fingerprint density at radius 1 is 1.08 bits per heavy atom. The quantitative estimate of drug-likeness (QED) is 0.373. The van der Waals surface area contributed by atoms with Crippen LogP contribution < -0.4 is 19.7 Å². The Morgan fingerprint density at radius 2 is 1.90 bits per heavy atom. The van der Waals surface area contributed by atoms with Crippen LogP contribution in [0.1, 0.15) is 30.0 Å². The Hall–Kier alpha value is -4.44. The standard InChI is InChI=1S/C29H29N5O5/c1-19-7-2-3-9-22(19)28(29(36)30-16-21-8-6-14-37-21)34(20-12-13-25-26(15-20)39-18-38-25)27(35)17-33-24-11-5-4-10-23(24)31-32-33/h2-5,7,9-13,15,21,28H,6,8,14,16-18H2,1H3,(H,30,36)/t21-,28-/m0/s1. The van der Waals surface area contributed by atoms with E-state index in [1.54, 1.807) is 22.9 Å². The number of amides is 2. The summed E-state index contributed by atoms with van der Waals surface area (Å²) < 4.78 is 18.4. The van der Waals surface area contributed by atoms with Gasteiger partial charge >= 0.3 is 0 Å². The van der Waals surface area contributed by atoms with Gasteiger partial charge in [0.15, 0.2) is 11.5 Å². The van der Waals surface area contributed by atoms with Crippen LogP contribution in [0.15, 0.2) is 66.7 Å². The van der Waals surface area contributed by atoms with Gasteiger partial charge in [-0.05, 0) is 55.2 Å². The summed E-state index contributed by atoms with van der Waals surface area (Å²) in [6, 6.07) is 19.3. The third-order valence-electron chi connectivity index (χ3n) is 7.13. The molecule has 10 heteroatoms. The maximum atomic E-state index is 14.2. The molecule has 3 aromatic carbocycles. The van der Waals surface area contributed by atoms with E-state index in [4.69, 9.17) is 14.2 Å². The Bertz CT molecular complexity index is 1510. The molecular weight excluding hydrogens is 498 g/mol. The van der Waals surface area contributed by atoms with Crippen molar-refractivity contribution in [2.24, 2.45) is 0 Å². The van der Waals surface area contributed by atoms with Gasteiger partial charge < -0.3 is 19.5 Å². The number of carbonyl (C=O) groups is 2. The molecule has 0 unspecified atom stereocenters. The Labute approximate surface area is 225 Å². The number of anilines is 1. The zero-order valence-corrected chi connectivity index (χ0v) is 21.6. The SMILES string of the molecule is Cc1ccccc1[C@@H](C(=O)NC[C@@H]1CCCO1)N(C(=O)Cn1nnc2ccccc21)c1ccc2c(c1)OCO2. The summed E-state index contributed by atoms with van der Waals surface area (Å²) in [4.78, 5) is 29.7. The number of carbonyl (C=O) groups excluding carboxylic acids is 2. The fourth-order valence-corrected chi connectivity index (χ4v) is 5.12. The molecule has 3 heterocycles. The Kier molecular flexibility index (Phi) is 6.85. The smallest absolute Gasteiger partial charge is 0.249 e. The molecule has 2 aliphatic heterocycles. The number of aryl methyl sites for hydroxylation is 1. The summed E-state index contributed by atoms with van der Waals surface area (Å²) in [5.74, 6) is 0.475. The summed E-state index contributed by atoms with van der Waals surface area (Å²) >= 11 is 0. The van der Waals surface area contributed by atoms with Crippen molar-refractivity contribution in [3.8, 4) is 11.5 Å². The molecule has 1 aromatic heterocycles. The molecule has 2 aliphatic rings. The van der Waals surface area contributed by atoms with Crippen LogP contribution in [0.3, 0.4) is 0 Å². The van der Waals surface area contributed by atoms with Crippen LogP contribution in [0.25, 0.3) is 11.0 Å². The molecule has 6 rings (SSSR count). The molecule has 1 N–H and O–H groups in total. The largest absolute Gasteiger partial charge is 0.454 e. The van der Waals surface area contributed by atoms with Gasteiger partial charge in [0.25, 0.3) is 0 Å². The van der Waals surface area contributed by atoms with Crippen LogP contribution in [0.2, 0.25) is 0 Å². The van der Waals surface area contributed by atoms with Crippen molar-refractivity contribution in [3.05, 3.63) is 77.9 Å². The van der Waals surface area contributed by atoms with E-state index < -0.39 is 6.04 Å². The molecular formula is C29H29N5O5. The fraction of sp³-hybridized carbons (Fsp3) is 0.310. The van der Waals surface area contributed by atoms with Crippen LogP contribution >= 0.6 is 0 Å². The molecule has 0 radical (unpaired) electrons. The minimum absolute atomic E-state index is 0.0392. The van der Waals surface area contributed by atoms with Crippen LogP contribution in [-0.2, 0) is 20.9 Å². The summed E-state index contributed by atoms with van der Waals surface area (Å²) in [6.07, 6.45) is 1.82. The Balaban J connectivity index is 1.41. The highest BCUT2D eigenvalue weighted by atomic mass is 16.7. The van der Waals surface area contributed by atoms with E-state index >= 15 is 0 Å². The van der Waals surface area contributed by atoms with Gasteiger partial charge in [-0.25, -0.2) is 4.68 Å². The van der Waals surface area contributed by atoms with Crippen molar-refractivity contribution in [1.82, 2.24) is 20.3 Å². The number of aromatic nitrogens is 3. The number of nitrogens with one attached hydrogen (secondary N) is 1. The van der Waals surface area contributed by atoms with Gasteiger partial charge in [0, 0.05) is 24.9 Å². The average molecular weight is 528 g/mol. The normalized spacial score (nSPS) is 16.8. The van der Waals surface area contributed by atoms with Crippen LogP contribution in [0.4, 0.5) is 5.69 Å². The predicted molar refractivity (Wildman–Crippen MR) is 143 cm³/mol. The van der Waals surface area contributed by atoms with E-state index in [0.29, 0.717) is 35.9 Å². The van der Waals surface area contributed by atoms with Gasteiger partial charge in [-0.3, -0.25) is 14.5 Å². The molecule has 0 spiro atoms. The van der Waals surface area contributed by atoms with E-state index in [-0.39, 0.29) is 31.3 Å². The molecule has 39 heavy (non-hydrogen) atoms. The minimum Gasteiger partial charge on any atom is -0.454 e. The molecule has 2 atom stereocenters. The lowest BCUT2D eigenvalue weighted by atomic mass is 9.98. The second kappa shape index (κ2) is 10.7. The number of para-hydroxylation sites is 1. The van der Waals surface area contributed by atoms with E-state index in [9.17, 15) is 9.59 Å². The maximum absolute atomic E-state index is 14.2. The van der Waals surface area contributed by atoms with E-state index in [1.165, 1.54) is 4.90 Å². The first-order valence-corrected chi connectivity index (χ1v) is 13.0. The van der Waals surface area contributed by atoms with Crippen molar-refractivity contribution in [1.29, 1.82) is 0 Å². The first-order chi connectivity index (χ1) is 19.1. The summed E-state index contributed by atoms with van der Waals surface area (Å²) in [7, 11) is 0. The van der Waals surface area contributed by atoms with Crippen molar-refractivity contribution >= 4 is 28.5 Å². The summed E-state index contributed by atoms with van der Waals surface area (Å²) in [5.41, 5.74) is 3.53. The van der Waals surface area contributed by atoms with Gasteiger partial charge in [0.2, 0.25) is 18.6 Å². The molecule has 1 saturated heterocycles. The molecule has 4 aromatic rings. The summed E-state index contributed by atoms with van der Waals surface area (Å²) in [6.45, 7) is 2.98. The van der Waals surface area contributed by atoms with Crippen molar-refractivity contribution in [2.45, 2.75) is 38.5 Å².